The first kappa shape index (κ1) is 11.5. The van der Waals surface area contributed by atoms with Crippen LogP contribution in [0.5, 0.6) is 0 Å². The van der Waals surface area contributed by atoms with Crippen LogP contribution in [0, 0.1) is 5.92 Å². The van der Waals surface area contributed by atoms with E-state index < -0.39 is 0 Å². The summed E-state index contributed by atoms with van der Waals surface area (Å²) in [4.78, 5) is 11.6. The maximum Gasteiger partial charge on any atom is 0.237 e. The molecule has 0 aromatic heterocycles. The first-order valence-electron chi connectivity index (χ1n) is 4.89. The highest BCUT2D eigenvalue weighted by Gasteiger charge is 2.47. The zero-order chi connectivity index (χ0) is 9.42. The summed E-state index contributed by atoms with van der Waals surface area (Å²) in [6.07, 6.45) is 4.02. The summed E-state index contributed by atoms with van der Waals surface area (Å²) in [5.74, 6) is 0.898. The predicted molar refractivity (Wildman–Crippen MR) is 58.5 cm³/mol. The van der Waals surface area contributed by atoms with Gasteiger partial charge in [0.1, 0.15) is 0 Å². The quantitative estimate of drug-likeness (QED) is 0.687. The van der Waals surface area contributed by atoms with Crippen molar-refractivity contribution >= 4 is 18.3 Å². The molecule has 0 radical (unpaired) electrons. The maximum absolute atomic E-state index is 11.6. The van der Waals surface area contributed by atoms with Crippen LogP contribution in [0.25, 0.3) is 0 Å². The average Bonchev–Trinajstić information content (AvgIpc) is 2.73. The van der Waals surface area contributed by atoms with Gasteiger partial charge in [0.05, 0.1) is 6.04 Å². The Hall–Kier alpha value is -0.540. The number of carbonyl (C=O) groups excluding carboxylic acids is 1. The molecule has 1 heterocycles. The number of nitrogens with one attached hydrogen (secondary N) is 2. The largest absolute Gasteiger partial charge is 0.349 e. The summed E-state index contributed by atoms with van der Waals surface area (Å²) >= 11 is 0. The summed E-state index contributed by atoms with van der Waals surface area (Å²) in [7, 11) is 0. The van der Waals surface area contributed by atoms with Crippen LogP contribution < -0.4 is 10.6 Å². The van der Waals surface area contributed by atoms with Gasteiger partial charge >= 0.3 is 0 Å². The Morgan fingerprint density at radius 2 is 2.36 bits per heavy atom. The molecule has 2 fully saturated rings. The Bertz CT molecular complexity index is 234. The van der Waals surface area contributed by atoms with Crippen molar-refractivity contribution in [3.05, 3.63) is 12.7 Å². The van der Waals surface area contributed by atoms with Gasteiger partial charge in [0.2, 0.25) is 5.91 Å². The maximum atomic E-state index is 11.6. The molecule has 1 aliphatic heterocycles. The molecule has 0 spiro atoms. The molecule has 4 atom stereocenters. The van der Waals surface area contributed by atoms with Gasteiger partial charge in [-0.3, -0.25) is 4.79 Å². The fraction of sp³-hybridized carbons (Fsp3) is 0.700. The molecule has 0 aromatic carbocycles. The first-order valence-corrected chi connectivity index (χ1v) is 4.89. The molecule has 1 unspecified atom stereocenters. The SMILES string of the molecule is C=CC(C)NC(=O)[C@@H]1C[C@@H]2C[C@@H]2N1.Cl. The van der Waals surface area contributed by atoms with E-state index in [4.69, 9.17) is 0 Å². The van der Waals surface area contributed by atoms with E-state index in [0.717, 1.165) is 12.3 Å². The van der Waals surface area contributed by atoms with Crippen molar-refractivity contribution in [1.29, 1.82) is 0 Å². The van der Waals surface area contributed by atoms with E-state index >= 15 is 0 Å². The van der Waals surface area contributed by atoms with Gasteiger partial charge in [0.25, 0.3) is 0 Å². The molecule has 14 heavy (non-hydrogen) atoms. The molecule has 3 nitrogen and oxygen atoms in total. The number of amides is 1. The van der Waals surface area contributed by atoms with E-state index in [1.807, 2.05) is 6.92 Å². The summed E-state index contributed by atoms with van der Waals surface area (Å²) in [5, 5.41) is 6.20. The van der Waals surface area contributed by atoms with Crippen molar-refractivity contribution in [2.24, 2.45) is 5.92 Å². The highest BCUT2D eigenvalue weighted by Crippen LogP contribution is 2.40. The van der Waals surface area contributed by atoms with E-state index in [1.165, 1.54) is 6.42 Å². The van der Waals surface area contributed by atoms with Crippen molar-refractivity contribution in [3.8, 4) is 0 Å². The molecule has 0 aromatic rings. The minimum absolute atomic E-state index is 0. The molecule has 1 aliphatic carbocycles. The van der Waals surface area contributed by atoms with Crippen molar-refractivity contribution in [2.75, 3.05) is 0 Å². The predicted octanol–water partition coefficient (Wildman–Crippen LogP) is 0.849. The number of piperidine rings is 1. The van der Waals surface area contributed by atoms with Gasteiger partial charge in [0.15, 0.2) is 0 Å². The van der Waals surface area contributed by atoms with Crippen LogP contribution in [0.15, 0.2) is 12.7 Å². The highest BCUT2D eigenvalue weighted by molar-refractivity contribution is 5.85. The molecule has 4 heteroatoms. The fourth-order valence-electron chi connectivity index (χ4n) is 1.91. The number of hydrogen-bond acceptors (Lipinski definition) is 2. The van der Waals surface area contributed by atoms with Crippen LogP contribution in [0.1, 0.15) is 19.8 Å². The molecule has 2 N–H and O–H groups in total. The van der Waals surface area contributed by atoms with Crippen LogP contribution >= 0.6 is 12.4 Å². The lowest BCUT2D eigenvalue weighted by atomic mass is 10.1. The van der Waals surface area contributed by atoms with Crippen LogP contribution in [0.4, 0.5) is 0 Å². The third kappa shape index (κ3) is 2.28. The van der Waals surface area contributed by atoms with Crippen molar-refractivity contribution < 1.29 is 4.79 Å². The molecule has 0 bridgehead atoms. The molecule has 1 saturated carbocycles. The lowest BCUT2D eigenvalue weighted by Gasteiger charge is -2.15. The van der Waals surface area contributed by atoms with Gasteiger partial charge in [-0.1, -0.05) is 6.08 Å². The monoisotopic (exact) mass is 216 g/mol. The number of hydrogen-bond donors (Lipinski definition) is 2. The molecule has 1 amide bonds. The zero-order valence-electron chi connectivity index (χ0n) is 8.32. The third-order valence-electron chi connectivity index (χ3n) is 2.92. The second-order valence-electron chi connectivity index (χ2n) is 4.09. The Balaban J connectivity index is 0.000000980. The number of rotatable bonds is 3. The highest BCUT2D eigenvalue weighted by atomic mass is 35.5. The number of halogens is 1. The van der Waals surface area contributed by atoms with Crippen molar-refractivity contribution in [3.63, 3.8) is 0 Å². The summed E-state index contributed by atoms with van der Waals surface area (Å²) < 4.78 is 0. The smallest absolute Gasteiger partial charge is 0.237 e. The molecular weight excluding hydrogens is 200 g/mol. The van der Waals surface area contributed by atoms with Gasteiger partial charge < -0.3 is 10.6 Å². The Labute approximate surface area is 90.7 Å². The van der Waals surface area contributed by atoms with E-state index in [9.17, 15) is 4.79 Å². The van der Waals surface area contributed by atoms with Gasteiger partial charge in [-0.2, -0.15) is 0 Å². The van der Waals surface area contributed by atoms with Crippen LogP contribution in [-0.4, -0.2) is 24.0 Å². The molecule has 80 valence electrons. The standard InChI is InChI=1S/C10H16N2O.ClH/c1-3-6(2)11-10(13)9-5-7-4-8(7)12-9;/h3,6-9,12H,1,4-5H2,2H3,(H,11,13);1H/t6?,7-,8-,9-;/m0./s1. The van der Waals surface area contributed by atoms with Crippen molar-refractivity contribution in [2.45, 2.75) is 37.9 Å². The first-order chi connectivity index (χ1) is 6.20. The fourth-order valence-corrected chi connectivity index (χ4v) is 1.91. The minimum atomic E-state index is 0. The number of carbonyl (C=O) groups is 1. The van der Waals surface area contributed by atoms with Gasteiger partial charge in [-0.25, -0.2) is 0 Å². The molecule has 2 rings (SSSR count). The molecule has 1 saturated heterocycles. The van der Waals surface area contributed by atoms with Gasteiger partial charge in [0, 0.05) is 12.1 Å². The minimum Gasteiger partial charge on any atom is -0.349 e. The summed E-state index contributed by atoms with van der Waals surface area (Å²) in [6, 6.07) is 0.757. The third-order valence-corrected chi connectivity index (χ3v) is 2.92. The second-order valence-corrected chi connectivity index (χ2v) is 4.09. The van der Waals surface area contributed by atoms with Gasteiger partial charge in [-0.15, -0.1) is 19.0 Å². The zero-order valence-corrected chi connectivity index (χ0v) is 9.14. The molecular formula is C10H17ClN2O. The lowest BCUT2D eigenvalue weighted by molar-refractivity contribution is -0.123. The Morgan fingerprint density at radius 3 is 2.86 bits per heavy atom. The second kappa shape index (κ2) is 4.32. The summed E-state index contributed by atoms with van der Waals surface area (Å²) in [6.45, 7) is 5.56. The number of fused-ring (bicyclic) bond motifs is 1. The normalized spacial score (nSPS) is 35.1. The van der Waals surface area contributed by atoms with E-state index in [0.29, 0.717) is 6.04 Å². The van der Waals surface area contributed by atoms with Crippen LogP contribution in [-0.2, 0) is 4.79 Å². The van der Waals surface area contributed by atoms with Crippen molar-refractivity contribution in [1.82, 2.24) is 10.6 Å². The Morgan fingerprint density at radius 1 is 1.64 bits per heavy atom. The van der Waals surface area contributed by atoms with E-state index in [1.54, 1.807) is 6.08 Å². The van der Waals surface area contributed by atoms with Crippen LogP contribution in [0.3, 0.4) is 0 Å². The van der Waals surface area contributed by atoms with Crippen LogP contribution in [0.2, 0.25) is 0 Å². The molecule has 2 aliphatic rings. The van der Waals surface area contributed by atoms with E-state index in [2.05, 4.69) is 17.2 Å². The summed E-state index contributed by atoms with van der Waals surface area (Å²) in [5.41, 5.74) is 0. The average molecular weight is 217 g/mol. The topological polar surface area (TPSA) is 41.1 Å². The Kier molecular flexibility index (Phi) is 3.56. The lowest BCUT2D eigenvalue weighted by Crippen LogP contribution is -2.44. The van der Waals surface area contributed by atoms with E-state index in [-0.39, 0.29) is 30.4 Å². The van der Waals surface area contributed by atoms with Gasteiger partial charge in [-0.05, 0) is 25.7 Å².